The van der Waals surface area contributed by atoms with Gasteiger partial charge in [-0.15, -0.1) is 0 Å². The molecule has 1 aromatic rings. The predicted octanol–water partition coefficient (Wildman–Crippen LogP) is 3.74. The zero-order chi connectivity index (χ0) is 13.8. The molecule has 0 aliphatic heterocycles. The zero-order valence-electron chi connectivity index (χ0n) is 12.1. The highest BCUT2D eigenvalue weighted by Gasteiger charge is 2.23. The highest BCUT2D eigenvalue weighted by atomic mass is 19.1. The fourth-order valence-corrected chi connectivity index (χ4v) is 2.84. The third-order valence-corrected chi connectivity index (χ3v) is 4.14. The van der Waals surface area contributed by atoms with Crippen molar-refractivity contribution in [1.82, 2.24) is 5.32 Å². The predicted molar refractivity (Wildman–Crippen MR) is 75.7 cm³/mol. The summed E-state index contributed by atoms with van der Waals surface area (Å²) in [7, 11) is 1.78. The summed E-state index contributed by atoms with van der Waals surface area (Å²) in [6.45, 7) is 3.89. The highest BCUT2D eigenvalue weighted by Crippen LogP contribution is 2.24. The molecule has 0 aromatic heterocycles. The van der Waals surface area contributed by atoms with Crippen molar-refractivity contribution in [3.63, 3.8) is 0 Å². The van der Waals surface area contributed by atoms with E-state index in [-0.39, 0.29) is 11.9 Å². The number of hydrogen-bond acceptors (Lipinski definition) is 2. The summed E-state index contributed by atoms with van der Waals surface area (Å²) in [5, 5.41) is 3.60. The molecule has 0 heterocycles. The molecule has 0 spiro atoms. The van der Waals surface area contributed by atoms with E-state index in [2.05, 4.69) is 12.2 Å². The summed E-state index contributed by atoms with van der Waals surface area (Å²) in [6.07, 6.45) is 4.95. The second-order valence-electron chi connectivity index (χ2n) is 5.62. The van der Waals surface area contributed by atoms with Crippen molar-refractivity contribution in [3.05, 3.63) is 35.1 Å². The first-order valence-corrected chi connectivity index (χ1v) is 7.15. The van der Waals surface area contributed by atoms with E-state index in [1.165, 1.54) is 12.8 Å². The number of rotatable bonds is 4. The highest BCUT2D eigenvalue weighted by molar-refractivity contribution is 5.25. The summed E-state index contributed by atoms with van der Waals surface area (Å²) >= 11 is 0. The van der Waals surface area contributed by atoms with Crippen LogP contribution in [0.15, 0.2) is 18.2 Å². The Balaban J connectivity index is 1.96. The Bertz CT molecular complexity index is 421. The summed E-state index contributed by atoms with van der Waals surface area (Å²) in [5.41, 5.74) is 1.72. The normalized spacial score (nSPS) is 25.3. The number of methoxy groups -OCH3 is 1. The minimum Gasteiger partial charge on any atom is -0.381 e. The first-order chi connectivity index (χ1) is 9.10. The van der Waals surface area contributed by atoms with Crippen molar-refractivity contribution in [2.24, 2.45) is 0 Å². The topological polar surface area (TPSA) is 21.3 Å². The molecule has 0 bridgehead atoms. The number of ether oxygens (including phenoxy) is 1. The molecular weight excluding hydrogens is 241 g/mol. The monoisotopic (exact) mass is 265 g/mol. The average molecular weight is 265 g/mol. The van der Waals surface area contributed by atoms with Gasteiger partial charge in [-0.25, -0.2) is 4.39 Å². The SMILES string of the molecule is COC1CCCC(NC(C)c2ccc(C)c(F)c2)C1. The average Bonchev–Trinajstić information content (AvgIpc) is 2.42. The van der Waals surface area contributed by atoms with E-state index in [0.717, 1.165) is 18.4 Å². The second-order valence-corrected chi connectivity index (χ2v) is 5.62. The van der Waals surface area contributed by atoms with Crippen LogP contribution >= 0.6 is 0 Å². The van der Waals surface area contributed by atoms with Gasteiger partial charge in [0.15, 0.2) is 0 Å². The van der Waals surface area contributed by atoms with Gasteiger partial charge in [-0.1, -0.05) is 12.1 Å². The molecule has 1 aromatic carbocycles. The summed E-state index contributed by atoms with van der Waals surface area (Å²) in [5.74, 6) is -0.121. The van der Waals surface area contributed by atoms with E-state index >= 15 is 0 Å². The first-order valence-electron chi connectivity index (χ1n) is 7.15. The Morgan fingerprint density at radius 1 is 1.37 bits per heavy atom. The molecule has 3 unspecified atom stereocenters. The van der Waals surface area contributed by atoms with Crippen LogP contribution in [0.2, 0.25) is 0 Å². The van der Waals surface area contributed by atoms with Gasteiger partial charge in [0.05, 0.1) is 6.10 Å². The van der Waals surface area contributed by atoms with E-state index in [1.807, 2.05) is 12.1 Å². The quantitative estimate of drug-likeness (QED) is 0.895. The van der Waals surface area contributed by atoms with Crippen molar-refractivity contribution in [3.8, 4) is 0 Å². The van der Waals surface area contributed by atoms with E-state index in [0.29, 0.717) is 17.7 Å². The molecule has 19 heavy (non-hydrogen) atoms. The fourth-order valence-electron chi connectivity index (χ4n) is 2.84. The van der Waals surface area contributed by atoms with E-state index < -0.39 is 0 Å². The maximum Gasteiger partial charge on any atom is 0.126 e. The fraction of sp³-hybridized carbons (Fsp3) is 0.625. The number of nitrogens with one attached hydrogen (secondary N) is 1. The lowest BCUT2D eigenvalue weighted by Crippen LogP contribution is -2.38. The molecule has 3 atom stereocenters. The van der Waals surface area contributed by atoms with Crippen LogP contribution < -0.4 is 5.32 Å². The minimum absolute atomic E-state index is 0.121. The van der Waals surface area contributed by atoms with Crippen LogP contribution in [0.5, 0.6) is 0 Å². The molecule has 2 rings (SSSR count). The Kier molecular flexibility index (Phi) is 4.94. The van der Waals surface area contributed by atoms with Crippen molar-refractivity contribution in [2.75, 3.05) is 7.11 Å². The van der Waals surface area contributed by atoms with Crippen LogP contribution in [0.25, 0.3) is 0 Å². The Hall–Kier alpha value is -0.930. The summed E-state index contributed by atoms with van der Waals surface area (Å²) < 4.78 is 19.0. The van der Waals surface area contributed by atoms with Gasteiger partial charge in [-0.05, 0) is 56.7 Å². The Morgan fingerprint density at radius 2 is 2.16 bits per heavy atom. The van der Waals surface area contributed by atoms with Gasteiger partial charge in [0, 0.05) is 19.2 Å². The third kappa shape index (κ3) is 3.77. The number of benzene rings is 1. The van der Waals surface area contributed by atoms with Crippen LogP contribution in [0, 0.1) is 12.7 Å². The molecule has 0 amide bonds. The third-order valence-electron chi connectivity index (χ3n) is 4.14. The summed E-state index contributed by atoms with van der Waals surface area (Å²) in [6, 6.07) is 6.15. The van der Waals surface area contributed by atoms with Crippen LogP contribution in [0.4, 0.5) is 4.39 Å². The van der Waals surface area contributed by atoms with Crippen molar-refractivity contribution >= 4 is 0 Å². The van der Waals surface area contributed by atoms with Gasteiger partial charge in [0.25, 0.3) is 0 Å². The molecule has 3 heteroatoms. The molecule has 1 aliphatic carbocycles. The standard InChI is InChI=1S/C16H24FNO/c1-11-7-8-13(9-16(11)17)12(2)18-14-5-4-6-15(10-14)19-3/h7-9,12,14-15,18H,4-6,10H2,1-3H3. The Labute approximate surface area is 115 Å². The molecule has 1 aliphatic rings. The maximum absolute atomic E-state index is 13.6. The smallest absolute Gasteiger partial charge is 0.126 e. The number of hydrogen-bond donors (Lipinski definition) is 1. The zero-order valence-corrected chi connectivity index (χ0v) is 12.1. The van der Waals surface area contributed by atoms with E-state index in [1.54, 1.807) is 20.1 Å². The molecular formula is C16H24FNO. The van der Waals surface area contributed by atoms with Crippen LogP contribution in [-0.2, 0) is 4.74 Å². The molecule has 1 saturated carbocycles. The van der Waals surface area contributed by atoms with Gasteiger partial charge in [-0.2, -0.15) is 0 Å². The molecule has 0 saturated heterocycles. The number of halogens is 1. The van der Waals surface area contributed by atoms with Gasteiger partial charge in [0.1, 0.15) is 5.82 Å². The minimum atomic E-state index is -0.121. The largest absolute Gasteiger partial charge is 0.381 e. The molecule has 2 nitrogen and oxygen atoms in total. The second kappa shape index (κ2) is 6.49. The van der Waals surface area contributed by atoms with E-state index in [4.69, 9.17) is 4.74 Å². The van der Waals surface area contributed by atoms with Crippen molar-refractivity contribution < 1.29 is 9.13 Å². The molecule has 1 N–H and O–H groups in total. The number of aryl methyl sites for hydroxylation is 1. The van der Waals surface area contributed by atoms with Crippen LogP contribution in [0.1, 0.15) is 49.8 Å². The lowest BCUT2D eigenvalue weighted by molar-refractivity contribution is 0.0572. The van der Waals surface area contributed by atoms with Gasteiger partial charge >= 0.3 is 0 Å². The van der Waals surface area contributed by atoms with Gasteiger partial charge in [-0.3, -0.25) is 0 Å². The molecule has 106 valence electrons. The molecule has 1 fully saturated rings. The molecule has 0 radical (unpaired) electrons. The van der Waals surface area contributed by atoms with Gasteiger partial charge < -0.3 is 10.1 Å². The van der Waals surface area contributed by atoms with Crippen molar-refractivity contribution in [2.45, 2.75) is 57.7 Å². The summed E-state index contributed by atoms with van der Waals surface area (Å²) in [4.78, 5) is 0. The lowest BCUT2D eigenvalue weighted by atomic mass is 9.91. The first kappa shape index (κ1) is 14.5. The van der Waals surface area contributed by atoms with Crippen LogP contribution in [-0.4, -0.2) is 19.3 Å². The van der Waals surface area contributed by atoms with Gasteiger partial charge in [0.2, 0.25) is 0 Å². The Morgan fingerprint density at radius 3 is 2.84 bits per heavy atom. The van der Waals surface area contributed by atoms with Crippen LogP contribution in [0.3, 0.4) is 0 Å². The van der Waals surface area contributed by atoms with Crippen molar-refractivity contribution in [1.29, 1.82) is 0 Å². The lowest BCUT2D eigenvalue weighted by Gasteiger charge is -2.31. The maximum atomic E-state index is 13.6. The van der Waals surface area contributed by atoms with E-state index in [9.17, 15) is 4.39 Å².